The van der Waals surface area contributed by atoms with Crippen LogP contribution in [0.15, 0.2) is 22.5 Å². The minimum absolute atomic E-state index is 0.106. The molecule has 0 saturated heterocycles. The number of aliphatic carboxylic acids is 1. The molecule has 2 rings (SSSR count). The lowest BCUT2D eigenvalue weighted by molar-refractivity contribution is -0.136. The SMILES string of the molecule is Cc1[nH]ncc1CNS(=O)(=O)c1ccc(CC(=O)O)s1. The van der Waals surface area contributed by atoms with E-state index in [1.54, 1.807) is 13.1 Å². The smallest absolute Gasteiger partial charge is 0.308 e. The van der Waals surface area contributed by atoms with Gasteiger partial charge < -0.3 is 5.11 Å². The maximum absolute atomic E-state index is 12.1. The predicted molar refractivity (Wildman–Crippen MR) is 73.0 cm³/mol. The molecule has 0 amide bonds. The van der Waals surface area contributed by atoms with Gasteiger partial charge in [-0.3, -0.25) is 9.89 Å². The number of aryl methyl sites for hydroxylation is 1. The second-order valence-electron chi connectivity index (χ2n) is 4.14. The highest BCUT2D eigenvalue weighted by molar-refractivity contribution is 7.91. The van der Waals surface area contributed by atoms with Gasteiger partial charge in [0.15, 0.2) is 0 Å². The van der Waals surface area contributed by atoms with Gasteiger partial charge in [0.05, 0.1) is 12.6 Å². The van der Waals surface area contributed by atoms with Crippen LogP contribution >= 0.6 is 11.3 Å². The van der Waals surface area contributed by atoms with Gasteiger partial charge in [0.25, 0.3) is 0 Å². The Hall–Kier alpha value is -1.71. The number of nitrogens with zero attached hydrogens (tertiary/aromatic N) is 1. The van der Waals surface area contributed by atoms with E-state index in [4.69, 9.17) is 5.11 Å². The highest BCUT2D eigenvalue weighted by atomic mass is 32.2. The van der Waals surface area contributed by atoms with E-state index in [0.29, 0.717) is 4.88 Å². The summed E-state index contributed by atoms with van der Waals surface area (Å²) in [6.45, 7) is 1.93. The number of aromatic nitrogens is 2. The molecule has 9 heteroatoms. The molecular formula is C11H13N3O4S2. The number of carboxylic acid groups (broad SMARTS) is 1. The maximum atomic E-state index is 12.1. The molecular weight excluding hydrogens is 302 g/mol. The van der Waals surface area contributed by atoms with Crippen LogP contribution in [0.25, 0.3) is 0 Å². The minimum atomic E-state index is -3.63. The molecule has 0 aromatic carbocycles. The summed E-state index contributed by atoms with van der Waals surface area (Å²) in [6.07, 6.45) is 1.38. The molecule has 0 aliphatic carbocycles. The Morgan fingerprint density at radius 3 is 2.85 bits per heavy atom. The van der Waals surface area contributed by atoms with E-state index in [1.165, 1.54) is 12.1 Å². The first kappa shape index (κ1) is 14.7. The first-order valence-corrected chi connectivity index (χ1v) is 7.97. The molecule has 0 aliphatic heterocycles. The molecule has 2 aromatic heterocycles. The summed E-state index contributed by atoms with van der Waals surface area (Å²) < 4.78 is 26.7. The molecule has 2 heterocycles. The van der Waals surface area contributed by atoms with Crippen LogP contribution in [0.3, 0.4) is 0 Å². The minimum Gasteiger partial charge on any atom is -0.481 e. The van der Waals surface area contributed by atoms with Crippen molar-refractivity contribution in [2.45, 2.75) is 24.1 Å². The average molecular weight is 315 g/mol. The predicted octanol–water partition coefficient (Wildman–Crippen LogP) is 0.885. The van der Waals surface area contributed by atoms with Gasteiger partial charge in [-0.2, -0.15) is 5.10 Å². The Morgan fingerprint density at radius 1 is 1.50 bits per heavy atom. The Balaban J connectivity index is 2.08. The largest absolute Gasteiger partial charge is 0.481 e. The first-order valence-electron chi connectivity index (χ1n) is 5.67. The first-order chi connectivity index (χ1) is 9.38. The van der Waals surface area contributed by atoms with E-state index >= 15 is 0 Å². The number of hydrogen-bond donors (Lipinski definition) is 3. The molecule has 0 unspecified atom stereocenters. The fourth-order valence-electron chi connectivity index (χ4n) is 1.54. The van der Waals surface area contributed by atoms with Crippen LogP contribution in [0.1, 0.15) is 16.1 Å². The molecule has 0 spiro atoms. The number of hydrogen-bond acceptors (Lipinski definition) is 5. The lowest BCUT2D eigenvalue weighted by atomic mass is 10.3. The Kier molecular flexibility index (Phi) is 4.21. The lowest BCUT2D eigenvalue weighted by Crippen LogP contribution is -2.22. The van der Waals surface area contributed by atoms with Crippen molar-refractivity contribution in [3.63, 3.8) is 0 Å². The summed E-state index contributed by atoms with van der Waals surface area (Å²) in [6, 6.07) is 2.92. The topological polar surface area (TPSA) is 112 Å². The molecule has 7 nitrogen and oxygen atoms in total. The van der Waals surface area contributed by atoms with Crippen molar-refractivity contribution in [3.05, 3.63) is 34.5 Å². The number of nitrogens with one attached hydrogen (secondary N) is 2. The van der Waals surface area contributed by atoms with E-state index in [9.17, 15) is 13.2 Å². The Bertz CT molecular complexity index is 718. The zero-order valence-corrected chi connectivity index (χ0v) is 12.2. The molecule has 0 bridgehead atoms. The summed E-state index contributed by atoms with van der Waals surface area (Å²) in [5.41, 5.74) is 1.56. The van der Waals surface area contributed by atoms with Crippen molar-refractivity contribution in [2.75, 3.05) is 0 Å². The fourth-order valence-corrected chi connectivity index (χ4v) is 3.94. The molecule has 0 saturated carbocycles. The number of carbonyl (C=O) groups is 1. The average Bonchev–Trinajstić information content (AvgIpc) is 2.95. The fraction of sp³-hybridized carbons (Fsp3) is 0.273. The molecule has 3 N–H and O–H groups in total. The van der Waals surface area contributed by atoms with Crippen LogP contribution in [0.5, 0.6) is 0 Å². The van der Waals surface area contributed by atoms with E-state index < -0.39 is 16.0 Å². The molecule has 0 fully saturated rings. The monoisotopic (exact) mass is 315 g/mol. The summed E-state index contributed by atoms with van der Waals surface area (Å²) in [5.74, 6) is -0.988. The molecule has 0 radical (unpaired) electrons. The van der Waals surface area contributed by atoms with E-state index in [0.717, 1.165) is 22.6 Å². The van der Waals surface area contributed by atoms with Gasteiger partial charge in [-0.15, -0.1) is 11.3 Å². The molecule has 0 aliphatic rings. The summed E-state index contributed by atoms with van der Waals surface area (Å²) in [4.78, 5) is 11.1. The third-order valence-electron chi connectivity index (χ3n) is 2.61. The summed E-state index contributed by atoms with van der Waals surface area (Å²) in [7, 11) is -3.63. The second kappa shape index (κ2) is 5.73. The van der Waals surface area contributed by atoms with E-state index in [2.05, 4.69) is 14.9 Å². The van der Waals surface area contributed by atoms with Gasteiger partial charge in [-0.25, -0.2) is 13.1 Å². The molecule has 2 aromatic rings. The second-order valence-corrected chi connectivity index (χ2v) is 7.30. The Labute approximate surface area is 119 Å². The van der Waals surface area contributed by atoms with Crippen molar-refractivity contribution in [3.8, 4) is 0 Å². The Morgan fingerprint density at radius 2 is 2.25 bits per heavy atom. The van der Waals surface area contributed by atoms with Crippen molar-refractivity contribution < 1.29 is 18.3 Å². The number of H-pyrrole nitrogens is 1. The van der Waals surface area contributed by atoms with Crippen molar-refractivity contribution in [2.24, 2.45) is 0 Å². The van der Waals surface area contributed by atoms with Gasteiger partial charge in [0, 0.05) is 22.7 Å². The van der Waals surface area contributed by atoms with Gasteiger partial charge in [0.1, 0.15) is 4.21 Å². The number of aromatic amines is 1. The zero-order chi connectivity index (χ0) is 14.8. The number of rotatable bonds is 6. The van der Waals surface area contributed by atoms with Crippen LogP contribution in [-0.4, -0.2) is 29.7 Å². The highest BCUT2D eigenvalue weighted by Gasteiger charge is 2.18. The van der Waals surface area contributed by atoms with E-state index in [-0.39, 0.29) is 17.2 Å². The standard InChI is InChI=1S/C11H13N3O4S2/c1-7-8(5-12-14-7)6-13-20(17,18)11-3-2-9(19-11)4-10(15)16/h2-3,5,13H,4,6H2,1H3,(H,12,14)(H,15,16). The van der Waals surface area contributed by atoms with Crippen LogP contribution < -0.4 is 4.72 Å². The quantitative estimate of drug-likeness (QED) is 0.732. The van der Waals surface area contributed by atoms with Crippen LogP contribution in [0.4, 0.5) is 0 Å². The van der Waals surface area contributed by atoms with E-state index in [1.807, 2.05) is 0 Å². The normalized spacial score (nSPS) is 11.7. The number of carboxylic acids is 1. The zero-order valence-electron chi connectivity index (χ0n) is 10.6. The van der Waals surface area contributed by atoms with Crippen LogP contribution in [-0.2, 0) is 27.8 Å². The number of sulfonamides is 1. The third kappa shape index (κ3) is 3.44. The lowest BCUT2D eigenvalue weighted by Gasteiger charge is -2.03. The van der Waals surface area contributed by atoms with Crippen molar-refractivity contribution in [1.29, 1.82) is 0 Å². The van der Waals surface area contributed by atoms with Crippen LogP contribution in [0.2, 0.25) is 0 Å². The molecule has 20 heavy (non-hydrogen) atoms. The molecule has 108 valence electrons. The number of thiophene rings is 1. The van der Waals surface area contributed by atoms with Gasteiger partial charge in [-0.1, -0.05) is 0 Å². The van der Waals surface area contributed by atoms with Gasteiger partial charge in [0.2, 0.25) is 10.0 Å². The van der Waals surface area contributed by atoms with Crippen LogP contribution in [0, 0.1) is 6.92 Å². The van der Waals surface area contributed by atoms with Gasteiger partial charge in [-0.05, 0) is 19.1 Å². The molecule has 0 atom stereocenters. The highest BCUT2D eigenvalue weighted by Crippen LogP contribution is 2.22. The summed E-state index contributed by atoms with van der Waals surface area (Å²) >= 11 is 0.955. The van der Waals surface area contributed by atoms with Crippen molar-refractivity contribution >= 4 is 27.3 Å². The maximum Gasteiger partial charge on any atom is 0.308 e. The van der Waals surface area contributed by atoms with Crippen molar-refractivity contribution in [1.82, 2.24) is 14.9 Å². The summed E-state index contributed by atoms with van der Waals surface area (Å²) in [5, 5.41) is 15.2. The van der Waals surface area contributed by atoms with Gasteiger partial charge >= 0.3 is 5.97 Å². The third-order valence-corrected chi connectivity index (χ3v) is 5.59.